The van der Waals surface area contributed by atoms with Crippen molar-refractivity contribution in [3.63, 3.8) is 0 Å². The maximum Gasteiger partial charge on any atom is 0.0994 e. The van der Waals surface area contributed by atoms with E-state index in [2.05, 4.69) is 53.9 Å². The summed E-state index contributed by atoms with van der Waals surface area (Å²) in [6, 6.07) is 21.6. The summed E-state index contributed by atoms with van der Waals surface area (Å²) in [4.78, 5) is 0. The lowest BCUT2D eigenvalue weighted by molar-refractivity contribution is 0.341. The Bertz CT molecular complexity index is 634. The number of nitrogens with zero attached hydrogens (tertiary/aromatic N) is 1. The predicted molar refractivity (Wildman–Crippen MR) is 89.4 cm³/mol. The topological polar surface area (TPSA) is 35.8 Å². The van der Waals surface area contributed by atoms with Crippen LogP contribution in [0.2, 0.25) is 0 Å². The van der Waals surface area contributed by atoms with Gasteiger partial charge in [-0.2, -0.15) is 5.26 Å². The molecule has 0 aromatic heterocycles. The average molecular weight is 290 g/mol. The Balaban J connectivity index is 1.53. The minimum atomic E-state index is 0.547. The van der Waals surface area contributed by atoms with E-state index in [1.54, 1.807) is 0 Å². The van der Waals surface area contributed by atoms with Crippen LogP contribution in [0.3, 0.4) is 0 Å². The van der Waals surface area contributed by atoms with Crippen molar-refractivity contribution in [3.05, 3.63) is 71.3 Å². The fourth-order valence-corrected chi connectivity index (χ4v) is 3.42. The number of rotatable bonds is 4. The Labute approximate surface area is 132 Å². The van der Waals surface area contributed by atoms with Gasteiger partial charge in [0.25, 0.3) is 0 Å². The molecule has 0 atom stereocenters. The van der Waals surface area contributed by atoms with Crippen LogP contribution >= 0.6 is 0 Å². The summed E-state index contributed by atoms with van der Waals surface area (Å²) < 4.78 is 0. The van der Waals surface area contributed by atoms with Crippen LogP contribution in [-0.2, 0) is 6.54 Å². The van der Waals surface area contributed by atoms with Crippen LogP contribution in [0, 0.1) is 11.3 Å². The zero-order valence-corrected chi connectivity index (χ0v) is 12.8. The fourth-order valence-electron chi connectivity index (χ4n) is 3.42. The summed E-state index contributed by atoms with van der Waals surface area (Å²) in [5.74, 6) is 0.547. The normalized spacial score (nSPS) is 21.2. The summed E-state index contributed by atoms with van der Waals surface area (Å²) >= 11 is 0. The van der Waals surface area contributed by atoms with Gasteiger partial charge in [0.15, 0.2) is 0 Å². The van der Waals surface area contributed by atoms with Crippen molar-refractivity contribution in [2.45, 2.75) is 44.2 Å². The summed E-state index contributed by atoms with van der Waals surface area (Å²) in [5, 5.41) is 12.9. The van der Waals surface area contributed by atoms with Gasteiger partial charge < -0.3 is 5.32 Å². The summed E-state index contributed by atoms with van der Waals surface area (Å²) in [6.45, 7) is 0.949. The fraction of sp³-hybridized carbons (Fsp3) is 0.350. The van der Waals surface area contributed by atoms with Crippen LogP contribution in [-0.4, -0.2) is 6.04 Å². The van der Waals surface area contributed by atoms with E-state index >= 15 is 0 Å². The number of hydrogen-bond acceptors (Lipinski definition) is 2. The van der Waals surface area contributed by atoms with Gasteiger partial charge in [-0.15, -0.1) is 0 Å². The SMILES string of the molecule is N#Cc1ccccc1C1CCC(NCc2ccccc2)CC1. The van der Waals surface area contributed by atoms with Gasteiger partial charge in [0, 0.05) is 12.6 Å². The van der Waals surface area contributed by atoms with Gasteiger partial charge in [-0.25, -0.2) is 0 Å². The largest absolute Gasteiger partial charge is 0.310 e. The predicted octanol–water partition coefficient (Wildman–Crippen LogP) is 4.37. The lowest BCUT2D eigenvalue weighted by Gasteiger charge is -2.30. The monoisotopic (exact) mass is 290 g/mol. The molecule has 0 heterocycles. The van der Waals surface area contributed by atoms with Gasteiger partial charge in [-0.3, -0.25) is 0 Å². The lowest BCUT2D eigenvalue weighted by Crippen LogP contribution is -2.32. The standard InChI is InChI=1S/C20H22N2/c21-14-18-8-4-5-9-20(18)17-10-12-19(13-11-17)22-15-16-6-2-1-3-7-16/h1-9,17,19,22H,10-13,15H2. The van der Waals surface area contributed by atoms with Crippen LogP contribution in [0.5, 0.6) is 0 Å². The molecule has 0 spiro atoms. The van der Waals surface area contributed by atoms with E-state index in [9.17, 15) is 5.26 Å². The Morgan fingerprint density at radius 2 is 1.59 bits per heavy atom. The molecule has 1 aliphatic carbocycles. The second kappa shape index (κ2) is 7.24. The molecule has 0 saturated heterocycles. The number of nitriles is 1. The van der Waals surface area contributed by atoms with E-state index in [0.29, 0.717) is 12.0 Å². The minimum absolute atomic E-state index is 0.547. The molecule has 0 radical (unpaired) electrons. The first kappa shape index (κ1) is 14.8. The first-order valence-corrected chi connectivity index (χ1v) is 8.13. The number of benzene rings is 2. The molecule has 3 rings (SSSR count). The molecule has 1 saturated carbocycles. The van der Waals surface area contributed by atoms with Crippen molar-refractivity contribution in [1.29, 1.82) is 5.26 Å². The highest BCUT2D eigenvalue weighted by Crippen LogP contribution is 2.34. The van der Waals surface area contributed by atoms with Crippen LogP contribution in [0.15, 0.2) is 54.6 Å². The molecular weight excluding hydrogens is 268 g/mol. The van der Waals surface area contributed by atoms with E-state index in [1.165, 1.54) is 36.8 Å². The first-order valence-electron chi connectivity index (χ1n) is 8.13. The third-order valence-electron chi connectivity index (χ3n) is 4.69. The number of hydrogen-bond donors (Lipinski definition) is 1. The average Bonchev–Trinajstić information content (AvgIpc) is 2.61. The summed E-state index contributed by atoms with van der Waals surface area (Å²) in [7, 11) is 0. The van der Waals surface area contributed by atoms with Crippen LogP contribution in [0.4, 0.5) is 0 Å². The second-order valence-corrected chi connectivity index (χ2v) is 6.11. The molecule has 0 amide bonds. The Morgan fingerprint density at radius 3 is 2.32 bits per heavy atom. The Hall–Kier alpha value is -2.11. The Morgan fingerprint density at radius 1 is 0.909 bits per heavy atom. The van der Waals surface area contributed by atoms with E-state index < -0.39 is 0 Å². The zero-order chi connectivity index (χ0) is 15.2. The van der Waals surface area contributed by atoms with Crippen molar-refractivity contribution in [3.8, 4) is 6.07 Å². The molecule has 1 N–H and O–H groups in total. The number of nitrogens with one attached hydrogen (secondary N) is 1. The second-order valence-electron chi connectivity index (χ2n) is 6.11. The van der Waals surface area contributed by atoms with Crippen molar-refractivity contribution in [2.24, 2.45) is 0 Å². The summed E-state index contributed by atoms with van der Waals surface area (Å²) in [6.07, 6.45) is 4.73. The molecule has 2 heteroatoms. The van der Waals surface area contributed by atoms with Gasteiger partial charge >= 0.3 is 0 Å². The van der Waals surface area contributed by atoms with Gasteiger partial charge in [-0.1, -0.05) is 48.5 Å². The van der Waals surface area contributed by atoms with E-state index in [0.717, 1.165) is 12.1 Å². The maximum absolute atomic E-state index is 9.25. The molecule has 0 bridgehead atoms. The highest BCUT2D eigenvalue weighted by Gasteiger charge is 2.23. The molecule has 1 fully saturated rings. The van der Waals surface area contributed by atoms with E-state index in [4.69, 9.17) is 0 Å². The molecule has 0 unspecified atom stereocenters. The minimum Gasteiger partial charge on any atom is -0.310 e. The molecule has 112 valence electrons. The third-order valence-corrected chi connectivity index (χ3v) is 4.69. The van der Waals surface area contributed by atoms with Gasteiger partial charge in [0.05, 0.1) is 11.6 Å². The molecule has 0 aliphatic heterocycles. The van der Waals surface area contributed by atoms with Crippen molar-refractivity contribution in [1.82, 2.24) is 5.32 Å². The first-order chi connectivity index (χ1) is 10.9. The smallest absolute Gasteiger partial charge is 0.0994 e. The van der Waals surface area contributed by atoms with Crippen molar-refractivity contribution in [2.75, 3.05) is 0 Å². The quantitative estimate of drug-likeness (QED) is 0.907. The van der Waals surface area contributed by atoms with Crippen molar-refractivity contribution >= 4 is 0 Å². The highest BCUT2D eigenvalue weighted by atomic mass is 14.9. The molecule has 2 aromatic rings. The summed E-state index contributed by atoms with van der Waals surface area (Å²) in [5.41, 5.74) is 3.44. The molecule has 1 aliphatic rings. The van der Waals surface area contributed by atoms with Gasteiger partial charge in [0.1, 0.15) is 0 Å². The van der Waals surface area contributed by atoms with E-state index in [1.807, 2.05) is 12.1 Å². The Kier molecular flexibility index (Phi) is 4.88. The maximum atomic E-state index is 9.25. The molecule has 2 aromatic carbocycles. The van der Waals surface area contributed by atoms with Crippen LogP contribution in [0.25, 0.3) is 0 Å². The van der Waals surface area contributed by atoms with Crippen molar-refractivity contribution < 1.29 is 0 Å². The molecule has 22 heavy (non-hydrogen) atoms. The lowest BCUT2D eigenvalue weighted by atomic mass is 9.80. The van der Waals surface area contributed by atoms with Gasteiger partial charge in [0.2, 0.25) is 0 Å². The molecular formula is C20H22N2. The van der Waals surface area contributed by atoms with E-state index in [-0.39, 0.29) is 0 Å². The highest BCUT2D eigenvalue weighted by molar-refractivity contribution is 5.39. The van der Waals surface area contributed by atoms with Crippen LogP contribution in [0.1, 0.15) is 48.3 Å². The zero-order valence-electron chi connectivity index (χ0n) is 12.8. The van der Waals surface area contributed by atoms with Crippen LogP contribution < -0.4 is 5.32 Å². The van der Waals surface area contributed by atoms with Gasteiger partial charge in [-0.05, 0) is 48.8 Å². The molecule has 2 nitrogen and oxygen atoms in total. The third kappa shape index (κ3) is 3.55.